The van der Waals surface area contributed by atoms with Gasteiger partial charge >= 0.3 is 0 Å². The number of fused-ring (bicyclic) bond motifs is 1. The fourth-order valence-electron chi connectivity index (χ4n) is 3.05. The van der Waals surface area contributed by atoms with Crippen LogP contribution in [0.3, 0.4) is 0 Å². The first kappa shape index (κ1) is 18.6. The van der Waals surface area contributed by atoms with Crippen LogP contribution >= 0.6 is 0 Å². The van der Waals surface area contributed by atoms with E-state index in [0.717, 1.165) is 40.2 Å². The van der Waals surface area contributed by atoms with Gasteiger partial charge in [-0.1, -0.05) is 30.3 Å². The molecule has 3 aromatic carbocycles. The third-order valence-corrected chi connectivity index (χ3v) is 4.52. The summed E-state index contributed by atoms with van der Waals surface area (Å²) in [4.78, 5) is 0. The molecule has 0 fully saturated rings. The molecule has 0 amide bonds. The van der Waals surface area contributed by atoms with E-state index in [9.17, 15) is 0 Å². The van der Waals surface area contributed by atoms with Crippen molar-refractivity contribution < 1.29 is 13.9 Å². The molecule has 0 saturated heterocycles. The number of furan rings is 1. The second-order valence-electron chi connectivity index (χ2n) is 6.67. The van der Waals surface area contributed by atoms with Crippen molar-refractivity contribution in [3.05, 3.63) is 84.4 Å². The Labute approximate surface area is 169 Å². The first-order chi connectivity index (χ1) is 14.2. The Kier molecular flexibility index (Phi) is 5.47. The Hall–Kier alpha value is -3.73. The second-order valence-corrected chi connectivity index (χ2v) is 6.67. The van der Waals surface area contributed by atoms with Gasteiger partial charge in [0.15, 0.2) is 0 Å². The van der Waals surface area contributed by atoms with Gasteiger partial charge in [0.1, 0.15) is 28.7 Å². The minimum atomic E-state index is 0.0429. The molecule has 0 atom stereocenters. The molecule has 0 aliphatic rings. The summed E-state index contributed by atoms with van der Waals surface area (Å²) in [7, 11) is 0. The van der Waals surface area contributed by atoms with E-state index in [2.05, 4.69) is 0 Å². The lowest BCUT2D eigenvalue weighted by molar-refractivity contribution is 0.247. The van der Waals surface area contributed by atoms with E-state index in [0.29, 0.717) is 18.8 Å². The Morgan fingerprint density at radius 3 is 2.38 bits per heavy atom. The second kappa shape index (κ2) is 8.52. The average molecular weight is 386 g/mol. The molecule has 4 aromatic rings. The third-order valence-electron chi connectivity index (χ3n) is 4.52. The summed E-state index contributed by atoms with van der Waals surface area (Å²) in [5.41, 5.74) is 7.94. The Morgan fingerprint density at radius 1 is 0.828 bits per heavy atom. The molecule has 0 aliphatic carbocycles. The number of ether oxygens (including phenoxy) is 2. The van der Waals surface area contributed by atoms with Crippen molar-refractivity contribution in [1.29, 1.82) is 5.41 Å². The van der Waals surface area contributed by atoms with E-state index >= 15 is 0 Å². The lowest BCUT2D eigenvalue weighted by atomic mass is 10.1. The summed E-state index contributed by atoms with van der Waals surface area (Å²) in [6.07, 6.45) is 0.789. The minimum Gasteiger partial charge on any atom is -0.493 e. The molecule has 0 aliphatic heterocycles. The quantitative estimate of drug-likeness (QED) is 0.247. The van der Waals surface area contributed by atoms with Crippen LogP contribution in [0.5, 0.6) is 11.5 Å². The van der Waals surface area contributed by atoms with Gasteiger partial charge in [-0.05, 0) is 48.5 Å². The third kappa shape index (κ3) is 4.58. The van der Waals surface area contributed by atoms with Crippen LogP contribution in [-0.2, 0) is 0 Å². The van der Waals surface area contributed by atoms with Crippen molar-refractivity contribution in [2.75, 3.05) is 13.2 Å². The van der Waals surface area contributed by atoms with Crippen molar-refractivity contribution in [3.8, 4) is 22.8 Å². The van der Waals surface area contributed by atoms with Gasteiger partial charge in [-0.25, -0.2) is 0 Å². The van der Waals surface area contributed by atoms with Crippen molar-refractivity contribution in [1.82, 2.24) is 0 Å². The molecule has 0 saturated carbocycles. The van der Waals surface area contributed by atoms with E-state index in [1.165, 1.54) is 0 Å². The highest BCUT2D eigenvalue weighted by molar-refractivity contribution is 5.98. The van der Waals surface area contributed by atoms with Crippen LogP contribution in [0, 0.1) is 5.41 Å². The molecule has 5 heteroatoms. The average Bonchev–Trinajstić information content (AvgIpc) is 3.18. The number of hydrogen-bond donors (Lipinski definition) is 2. The largest absolute Gasteiger partial charge is 0.493 e. The highest BCUT2D eigenvalue weighted by Crippen LogP contribution is 2.30. The van der Waals surface area contributed by atoms with E-state index in [1.54, 1.807) is 6.07 Å². The fourth-order valence-corrected chi connectivity index (χ4v) is 3.05. The smallest absolute Gasteiger partial charge is 0.135 e. The van der Waals surface area contributed by atoms with Gasteiger partial charge in [-0.3, -0.25) is 5.41 Å². The minimum absolute atomic E-state index is 0.0429. The molecule has 0 unspecified atom stereocenters. The number of nitrogens with two attached hydrogens (primary N) is 1. The van der Waals surface area contributed by atoms with E-state index in [-0.39, 0.29) is 5.84 Å². The van der Waals surface area contributed by atoms with Gasteiger partial charge in [-0.15, -0.1) is 0 Å². The van der Waals surface area contributed by atoms with Gasteiger partial charge in [-0.2, -0.15) is 0 Å². The van der Waals surface area contributed by atoms with Gasteiger partial charge in [0.2, 0.25) is 0 Å². The summed E-state index contributed by atoms with van der Waals surface area (Å²) in [5, 5.41) is 8.49. The molecule has 1 heterocycles. The molecular weight excluding hydrogens is 364 g/mol. The lowest BCUT2D eigenvalue weighted by Gasteiger charge is -2.08. The van der Waals surface area contributed by atoms with Crippen LogP contribution < -0.4 is 15.2 Å². The maximum absolute atomic E-state index is 7.57. The molecular formula is C24H22N2O3. The molecule has 0 spiro atoms. The molecule has 29 heavy (non-hydrogen) atoms. The standard InChI is InChI=1S/C24H22N2O3/c25-24(26)18-10-11-22-19(14-18)16-23(29-22)17-6-4-9-21(15-17)28-13-5-12-27-20-7-2-1-3-8-20/h1-4,6-11,14-16H,5,12-13H2,(H3,25,26). The normalized spacial score (nSPS) is 10.8. The van der Waals surface area contributed by atoms with Crippen LogP contribution in [0.25, 0.3) is 22.3 Å². The van der Waals surface area contributed by atoms with Gasteiger partial charge < -0.3 is 19.6 Å². The summed E-state index contributed by atoms with van der Waals surface area (Å²) in [5.74, 6) is 2.44. The molecule has 3 N–H and O–H groups in total. The Balaban J connectivity index is 1.38. The maximum atomic E-state index is 7.57. The summed E-state index contributed by atoms with van der Waals surface area (Å²) >= 11 is 0. The molecule has 4 rings (SSSR count). The van der Waals surface area contributed by atoms with Crippen molar-refractivity contribution >= 4 is 16.8 Å². The number of benzene rings is 3. The number of hydrogen-bond acceptors (Lipinski definition) is 4. The number of nitrogens with one attached hydrogen (secondary N) is 1. The molecule has 1 aromatic heterocycles. The van der Waals surface area contributed by atoms with Gasteiger partial charge in [0.05, 0.1) is 13.2 Å². The Morgan fingerprint density at radius 2 is 1.59 bits per heavy atom. The van der Waals surface area contributed by atoms with Crippen LogP contribution in [-0.4, -0.2) is 19.0 Å². The highest BCUT2D eigenvalue weighted by atomic mass is 16.5. The van der Waals surface area contributed by atoms with E-state index in [4.69, 9.17) is 25.0 Å². The van der Waals surface area contributed by atoms with Crippen LogP contribution in [0.15, 0.2) is 83.3 Å². The van der Waals surface area contributed by atoms with E-state index < -0.39 is 0 Å². The predicted molar refractivity (Wildman–Crippen MR) is 115 cm³/mol. The van der Waals surface area contributed by atoms with E-state index in [1.807, 2.05) is 72.8 Å². The number of nitrogen functional groups attached to an aromatic ring is 1. The number of amidine groups is 1. The van der Waals surface area contributed by atoms with Gasteiger partial charge in [0.25, 0.3) is 0 Å². The summed E-state index contributed by atoms with van der Waals surface area (Å²) in [6, 6.07) is 25.0. The van der Waals surface area contributed by atoms with Crippen molar-refractivity contribution in [2.45, 2.75) is 6.42 Å². The zero-order valence-corrected chi connectivity index (χ0v) is 15.9. The maximum Gasteiger partial charge on any atom is 0.135 e. The zero-order chi connectivity index (χ0) is 20.1. The molecule has 146 valence electrons. The summed E-state index contributed by atoms with van der Waals surface area (Å²) < 4.78 is 17.5. The lowest BCUT2D eigenvalue weighted by Crippen LogP contribution is -2.10. The van der Waals surface area contributed by atoms with Gasteiger partial charge in [0, 0.05) is 22.9 Å². The highest BCUT2D eigenvalue weighted by Gasteiger charge is 2.09. The summed E-state index contributed by atoms with van der Waals surface area (Å²) in [6.45, 7) is 1.17. The zero-order valence-electron chi connectivity index (χ0n) is 15.9. The fraction of sp³-hybridized carbons (Fsp3) is 0.125. The van der Waals surface area contributed by atoms with Crippen molar-refractivity contribution in [3.63, 3.8) is 0 Å². The van der Waals surface area contributed by atoms with Crippen LogP contribution in [0.2, 0.25) is 0 Å². The first-order valence-corrected chi connectivity index (χ1v) is 9.48. The van der Waals surface area contributed by atoms with Crippen LogP contribution in [0.4, 0.5) is 0 Å². The number of para-hydroxylation sites is 1. The molecule has 0 bridgehead atoms. The van der Waals surface area contributed by atoms with Crippen LogP contribution in [0.1, 0.15) is 12.0 Å². The monoisotopic (exact) mass is 386 g/mol. The molecule has 5 nitrogen and oxygen atoms in total. The number of rotatable bonds is 8. The predicted octanol–water partition coefficient (Wildman–Crippen LogP) is 5.23. The topological polar surface area (TPSA) is 81.5 Å². The van der Waals surface area contributed by atoms with Crippen molar-refractivity contribution in [2.24, 2.45) is 5.73 Å². The first-order valence-electron chi connectivity index (χ1n) is 9.48. The molecule has 0 radical (unpaired) electrons. The SMILES string of the molecule is N=C(N)c1ccc2oc(-c3cccc(OCCCOc4ccccc4)c3)cc2c1. The Bertz CT molecular complexity index is 1120.